The highest BCUT2D eigenvalue weighted by molar-refractivity contribution is 6.72. The van der Waals surface area contributed by atoms with Crippen molar-refractivity contribution in [1.29, 1.82) is 0 Å². The molecule has 0 bridgehead atoms. The molecule has 0 saturated carbocycles. The third-order valence-corrected chi connectivity index (χ3v) is 14.1. The van der Waals surface area contributed by atoms with E-state index >= 15 is 0 Å². The van der Waals surface area contributed by atoms with Crippen molar-refractivity contribution >= 4 is 203 Å². The first-order valence-corrected chi connectivity index (χ1v) is 20.4. The van der Waals surface area contributed by atoms with E-state index in [1.54, 1.807) is 0 Å². The number of rotatable bonds is 4. The van der Waals surface area contributed by atoms with Gasteiger partial charge in [0, 0.05) is 11.3 Å². The summed E-state index contributed by atoms with van der Waals surface area (Å²) in [6.07, 6.45) is 0. The van der Waals surface area contributed by atoms with Gasteiger partial charge in [-0.1, -0.05) is 111 Å². The van der Waals surface area contributed by atoms with E-state index in [-0.39, 0.29) is 0 Å². The molecule has 0 saturated heterocycles. The molecule has 0 aliphatic heterocycles. The number of nitrogens with zero attached hydrogens (tertiary/aromatic N) is 2. The number of fused-ring (bicyclic) bond motifs is 4. The van der Waals surface area contributed by atoms with Crippen LogP contribution in [-0.4, -0.2) is 104 Å². The minimum atomic E-state index is 0.998. The summed E-state index contributed by atoms with van der Waals surface area (Å²) >= 11 is 0. The quantitative estimate of drug-likeness (QED) is 0.131. The monoisotopic (exact) mass is 716 g/mol. The van der Waals surface area contributed by atoms with Crippen molar-refractivity contribution in [3.8, 4) is 39.3 Å². The molecule has 0 fully saturated rings. The third-order valence-electron chi connectivity index (χ3n) is 14.1. The fraction of sp³-hybridized carbons (Fsp3) is 0. The van der Waals surface area contributed by atoms with Crippen LogP contribution in [0.15, 0.2) is 97.1 Å². The predicted octanol–water partition coefficient (Wildman–Crippen LogP) is -9.41. The van der Waals surface area contributed by atoms with Crippen LogP contribution in [-0.2, 0) is 0 Å². The second-order valence-electron chi connectivity index (χ2n) is 16.6. The van der Waals surface area contributed by atoms with E-state index in [4.69, 9.17) is 4.98 Å². The lowest BCUT2D eigenvalue weighted by Gasteiger charge is -2.26. The fourth-order valence-electron chi connectivity index (χ4n) is 10.2. The molecule has 2 nitrogen and oxygen atoms in total. The van der Waals surface area contributed by atoms with Crippen molar-refractivity contribution in [3.05, 3.63) is 97.1 Å². The molecule has 1 heterocycles. The number of hydrogen-bond acceptors (Lipinski definition) is 1. The minimum absolute atomic E-state index is 0.998. The van der Waals surface area contributed by atoms with Gasteiger partial charge in [0.2, 0.25) is 0 Å². The molecular formula is C43H40B12N2. The van der Waals surface area contributed by atoms with Crippen LogP contribution in [0.5, 0.6) is 0 Å². The molecule has 1 aromatic heterocycles. The Morgan fingerprint density at radius 3 is 1.28 bits per heavy atom. The molecular weight excluding hydrogens is 674 g/mol. The summed E-state index contributed by atoms with van der Waals surface area (Å²) in [7, 11) is 27.5. The number of aromatic nitrogens is 2. The second kappa shape index (κ2) is 13.7. The summed E-state index contributed by atoms with van der Waals surface area (Å²) in [6.45, 7) is 0. The van der Waals surface area contributed by atoms with Gasteiger partial charge in [0.25, 0.3) is 0 Å². The third kappa shape index (κ3) is 5.39. The average Bonchev–Trinajstić information content (AvgIpc) is 3.60. The first-order valence-electron chi connectivity index (χ1n) is 20.4. The van der Waals surface area contributed by atoms with Crippen LogP contribution >= 0.6 is 0 Å². The molecule has 0 unspecified atom stereocenters. The first kappa shape index (κ1) is 37.4. The highest BCUT2D eigenvalue weighted by Gasteiger charge is 2.24. The number of imidazole rings is 1. The summed E-state index contributed by atoms with van der Waals surface area (Å²) in [5.74, 6) is 0.998. The van der Waals surface area contributed by atoms with E-state index in [1.807, 2.05) is 0 Å². The van der Waals surface area contributed by atoms with E-state index in [1.165, 1.54) is 126 Å². The van der Waals surface area contributed by atoms with Gasteiger partial charge in [-0.2, -0.15) is 0 Å². The van der Waals surface area contributed by atoms with Crippen LogP contribution in [0.1, 0.15) is 0 Å². The maximum atomic E-state index is 5.32. The molecule has 0 aliphatic carbocycles. The van der Waals surface area contributed by atoms with Gasteiger partial charge in [-0.05, 0) is 78.8 Å². The summed E-state index contributed by atoms with van der Waals surface area (Å²) in [6, 6.07) is 35.9. The summed E-state index contributed by atoms with van der Waals surface area (Å²) < 4.78 is 2.36. The van der Waals surface area contributed by atoms with Crippen molar-refractivity contribution < 1.29 is 0 Å². The van der Waals surface area contributed by atoms with Gasteiger partial charge >= 0.3 is 0 Å². The Hall–Kier alpha value is -5.21. The fourth-order valence-corrected chi connectivity index (χ4v) is 10.2. The standard InChI is InChI=1S/C43H40B12N2/c44-31-27(32(45)33(46)29-28(31)34(47)38(51)39(52)35(29)48)26-21-9-3-1-7-19(21)25(20-8-2-4-10-22(20)26)17-13-15-18(16-14-17)57-24-12-6-5-11-23(24)56-43(57)30-36(49)40(53)42(55)41(54)37(30)50/h1-16H,44-55H2. The molecule has 8 aromatic carbocycles. The van der Waals surface area contributed by atoms with Gasteiger partial charge in [0.05, 0.1) is 11.0 Å². The van der Waals surface area contributed by atoms with Crippen molar-refractivity contribution in [2.24, 2.45) is 0 Å². The smallest absolute Gasteiger partial charge is 0.144 e. The van der Waals surface area contributed by atoms with Crippen LogP contribution in [0.3, 0.4) is 0 Å². The van der Waals surface area contributed by atoms with E-state index in [0.717, 1.165) is 22.5 Å². The molecule has 57 heavy (non-hydrogen) atoms. The molecule has 258 valence electrons. The van der Waals surface area contributed by atoms with Crippen LogP contribution in [0.4, 0.5) is 0 Å². The van der Waals surface area contributed by atoms with Crippen LogP contribution in [0.25, 0.3) is 82.7 Å². The Morgan fingerprint density at radius 2 is 0.737 bits per heavy atom. The number of para-hydroxylation sites is 2. The maximum Gasteiger partial charge on any atom is 0.144 e. The number of hydrogen-bond donors (Lipinski definition) is 0. The number of benzene rings is 8. The van der Waals surface area contributed by atoms with Crippen molar-refractivity contribution in [2.45, 2.75) is 0 Å². The molecule has 9 aromatic rings. The van der Waals surface area contributed by atoms with Gasteiger partial charge in [0.15, 0.2) is 0 Å². The Balaban J connectivity index is 1.30. The van der Waals surface area contributed by atoms with E-state index in [0.29, 0.717) is 0 Å². The topological polar surface area (TPSA) is 17.8 Å². The van der Waals surface area contributed by atoms with Gasteiger partial charge in [-0.15, -0.1) is 27.3 Å². The normalized spacial score (nSPS) is 11.6. The average molecular weight is 715 g/mol. The Bertz CT molecular complexity index is 3120. The van der Waals surface area contributed by atoms with E-state index in [9.17, 15) is 0 Å². The largest absolute Gasteiger partial charge is 0.292 e. The minimum Gasteiger partial charge on any atom is -0.292 e. The molecule has 0 N–H and O–H groups in total. The molecule has 0 radical (unpaired) electrons. The van der Waals surface area contributed by atoms with Gasteiger partial charge in [0.1, 0.15) is 100.0 Å². The molecule has 0 aliphatic rings. The van der Waals surface area contributed by atoms with Crippen molar-refractivity contribution in [1.82, 2.24) is 9.55 Å². The lowest BCUT2D eigenvalue weighted by molar-refractivity contribution is 1.11. The summed E-state index contributed by atoms with van der Waals surface area (Å²) in [5.41, 5.74) is 26.0. The van der Waals surface area contributed by atoms with E-state index in [2.05, 4.69) is 196 Å². The molecule has 9 rings (SSSR count). The Labute approximate surface area is 347 Å². The van der Waals surface area contributed by atoms with E-state index < -0.39 is 0 Å². The maximum absolute atomic E-state index is 5.32. The molecule has 0 amide bonds. The van der Waals surface area contributed by atoms with Crippen molar-refractivity contribution in [3.63, 3.8) is 0 Å². The predicted molar refractivity (Wildman–Crippen MR) is 288 cm³/mol. The lowest BCUT2D eigenvalue weighted by Crippen LogP contribution is -2.55. The van der Waals surface area contributed by atoms with Gasteiger partial charge < -0.3 is 0 Å². The first-order chi connectivity index (χ1) is 27.3. The zero-order valence-electron chi connectivity index (χ0n) is 35.6. The van der Waals surface area contributed by atoms with Crippen LogP contribution in [0, 0.1) is 0 Å². The second-order valence-corrected chi connectivity index (χ2v) is 16.6. The lowest BCUT2D eigenvalue weighted by atomic mass is 9.58. The van der Waals surface area contributed by atoms with Gasteiger partial charge in [-0.25, -0.2) is 4.98 Å². The zero-order valence-corrected chi connectivity index (χ0v) is 35.6. The molecule has 0 spiro atoms. The zero-order chi connectivity index (χ0) is 40.2. The van der Waals surface area contributed by atoms with Crippen molar-refractivity contribution in [2.75, 3.05) is 0 Å². The van der Waals surface area contributed by atoms with Crippen LogP contribution < -0.4 is 65.6 Å². The highest BCUT2D eigenvalue weighted by Crippen LogP contribution is 2.43. The Kier molecular flexibility index (Phi) is 9.00. The van der Waals surface area contributed by atoms with Gasteiger partial charge in [-0.3, -0.25) is 4.57 Å². The SMILES string of the molecule is Bc1c(B)c(B)c(-c2nc3ccccc3n2-c2ccc(-c3c4ccccc4c(-c4c(B)c(B)c5c(B)c(B)c(B)c(B)c5c4B)c4ccccc34)cc2)c(B)c1B. The molecule has 14 heteroatoms. The molecule has 0 atom stereocenters. The highest BCUT2D eigenvalue weighted by atomic mass is 15.1. The summed E-state index contributed by atoms with van der Waals surface area (Å²) in [5, 5.41) is 7.96. The van der Waals surface area contributed by atoms with Crippen LogP contribution in [0.2, 0.25) is 0 Å². The summed E-state index contributed by atoms with van der Waals surface area (Å²) in [4.78, 5) is 5.32. The Morgan fingerprint density at radius 1 is 0.333 bits per heavy atom.